The lowest BCUT2D eigenvalue weighted by molar-refractivity contribution is 0.414. The van der Waals surface area contributed by atoms with Crippen LogP contribution in [0.5, 0.6) is 5.75 Å². The Hall–Kier alpha value is -1.29. The summed E-state index contributed by atoms with van der Waals surface area (Å²) in [7, 11) is 1.68. The molecule has 104 valence electrons. The average Bonchev–Trinajstić information content (AvgIpc) is 2.91. The van der Waals surface area contributed by atoms with E-state index in [1.165, 1.54) is 31.2 Å². The summed E-state index contributed by atoms with van der Waals surface area (Å²) in [4.78, 5) is 0. The van der Waals surface area contributed by atoms with E-state index in [4.69, 9.17) is 17.0 Å². The van der Waals surface area contributed by atoms with Gasteiger partial charge in [-0.15, -0.1) is 0 Å². The Morgan fingerprint density at radius 3 is 2.47 bits per heavy atom. The van der Waals surface area contributed by atoms with Gasteiger partial charge in [0.25, 0.3) is 0 Å². The largest absolute Gasteiger partial charge is 0.497 e. The highest BCUT2D eigenvalue weighted by atomic mass is 32.1. The minimum absolute atomic E-state index is 0.201. The Balaban J connectivity index is 1.84. The van der Waals surface area contributed by atoms with Crippen LogP contribution in [-0.2, 0) is 0 Å². The molecule has 1 aliphatic carbocycles. The Kier molecular flexibility index (Phi) is 5.02. The third kappa shape index (κ3) is 4.10. The molecule has 1 aromatic rings. The lowest BCUT2D eigenvalue weighted by Gasteiger charge is -2.20. The maximum Gasteiger partial charge on any atom is 0.166 e. The second-order valence-electron chi connectivity index (χ2n) is 5.09. The molecule has 0 bridgehead atoms. The number of nitrogens with one attached hydrogen (secondary N) is 2. The molecule has 1 fully saturated rings. The maximum absolute atomic E-state index is 5.37. The van der Waals surface area contributed by atoms with Crippen molar-refractivity contribution in [3.05, 3.63) is 29.8 Å². The molecule has 2 N–H and O–H groups in total. The number of benzene rings is 1. The molecule has 0 saturated heterocycles. The molecule has 3 nitrogen and oxygen atoms in total. The van der Waals surface area contributed by atoms with Gasteiger partial charge in [-0.1, -0.05) is 25.0 Å². The van der Waals surface area contributed by atoms with E-state index < -0.39 is 0 Å². The van der Waals surface area contributed by atoms with Crippen LogP contribution in [-0.4, -0.2) is 18.3 Å². The van der Waals surface area contributed by atoms with E-state index in [2.05, 4.69) is 29.7 Å². The topological polar surface area (TPSA) is 33.3 Å². The van der Waals surface area contributed by atoms with E-state index in [1.807, 2.05) is 12.1 Å². The van der Waals surface area contributed by atoms with Crippen LogP contribution in [0.4, 0.5) is 0 Å². The predicted molar refractivity (Wildman–Crippen MR) is 82.5 cm³/mol. The second kappa shape index (κ2) is 6.75. The van der Waals surface area contributed by atoms with Gasteiger partial charge in [0.05, 0.1) is 13.2 Å². The summed E-state index contributed by atoms with van der Waals surface area (Å²) in [6, 6.07) is 8.83. The summed E-state index contributed by atoms with van der Waals surface area (Å²) in [5.74, 6) is 0.877. The molecule has 2 rings (SSSR count). The first-order valence-corrected chi connectivity index (χ1v) is 7.31. The molecule has 0 heterocycles. The van der Waals surface area contributed by atoms with Gasteiger partial charge in [-0.05, 0) is 49.7 Å². The van der Waals surface area contributed by atoms with Gasteiger partial charge in [0, 0.05) is 6.04 Å². The molecule has 0 spiro atoms. The van der Waals surface area contributed by atoms with Crippen LogP contribution in [0.15, 0.2) is 24.3 Å². The van der Waals surface area contributed by atoms with Crippen molar-refractivity contribution in [3.63, 3.8) is 0 Å². The van der Waals surface area contributed by atoms with E-state index in [-0.39, 0.29) is 6.04 Å². The molecule has 1 atom stereocenters. The normalized spacial score (nSPS) is 16.9. The van der Waals surface area contributed by atoms with Crippen molar-refractivity contribution in [1.82, 2.24) is 10.6 Å². The van der Waals surface area contributed by atoms with Crippen molar-refractivity contribution in [2.45, 2.75) is 44.7 Å². The van der Waals surface area contributed by atoms with Crippen molar-refractivity contribution in [2.75, 3.05) is 7.11 Å². The van der Waals surface area contributed by atoms with E-state index in [9.17, 15) is 0 Å². The summed E-state index contributed by atoms with van der Waals surface area (Å²) in [6.45, 7) is 2.12. The zero-order valence-electron chi connectivity index (χ0n) is 11.6. The van der Waals surface area contributed by atoms with Crippen molar-refractivity contribution >= 4 is 17.3 Å². The summed E-state index contributed by atoms with van der Waals surface area (Å²) < 4.78 is 5.16. The van der Waals surface area contributed by atoms with Gasteiger partial charge in [0.1, 0.15) is 5.75 Å². The lowest BCUT2D eigenvalue weighted by atomic mass is 10.1. The summed E-state index contributed by atoms with van der Waals surface area (Å²) in [5, 5.41) is 7.50. The van der Waals surface area contributed by atoms with Crippen LogP contribution in [0.25, 0.3) is 0 Å². The average molecular weight is 278 g/mol. The Bertz CT molecular complexity index is 413. The molecular weight excluding hydrogens is 256 g/mol. The Morgan fingerprint density at radius 1 is 1.26 bits per heavy atom. The SMILES string of the molecule is COc1ccc(C(C)NC(=S)NC2CCCC2)cc1. The fraction of sp³-hybridized carbons (Fsp3) is 0.533. The summed E-state index contributed by atoms with van der Waals surface area (Å²) in [6.07, 6.45) is 5.10. The van der Waals surface area contributed by atoms with Crippen molar-refractivity contribution in [1.29, 1.82) is 0 Å². The molecule has 1 aromatic carbocycles. The van der Waals surface area contributed by atoms with E-state index in [0.29, 0.717) is 6.04 Å². The molecule has 0 amide bonds. The first kappa shape index (κ1) is 14.1. The van der Waals surface area contributed by atoms with E-state index >= 15 is 0 Å². The van der Waals surface area contributed by atoms with Gasteiger partial charge < -0.3 is 15.4 Å². The number of hydrogen-bond acceptors (Lipinski definition) is 2. The summed E-state index contributed by atoms with van der Waals surface area (Å²) in [5.41, 5.74) is 1.20. The second-order valence-corrected chi connectivity index (χ2v) is 5.50. The van der Waals surface area contributed by atoms with Crippen LogP contribution in [0.1, 0.15) is 44.2 Å². The van der Waals surface area contributed by atoms with Gasteiger partial charge >= 0.3 is 0 Å². The van der Waals surface area contributed by atoms with Crippen molar-refractivity contribution in [3.8, 4) is 5.75 Å². The van der Waals surface area contributed by atoms with Gasteiger partial charge in [0.15, 0.2) is 5.11 Å². The van der Waals surface area contributed by atoms with Crippen molar-refractivity contribution < 1.29 is 4.74 Å². The van der Waals surface area contributed by atoms with E-state index in [1.54, 1.807) is 7.11 Å². The molecule has 4 heteroatoms. The maximum atomic E-state index is 5.37. The van der Waals surface area contributed by atoms with Crippen LogP contribution in [0.3, 0.4) is 0 Å². The highest BCUT2D eigenvalue weighted by Gasteiger charge is 2.16. The quantitative estimate of drug-likeness (QED) is 0.829. The third-order valence-electron chi connectivity index (χ3n) is 3.65. The van der Waals surface area contributed by atoms with Crippen LogP contribution in [0, 0.1) is 0 Å². The molecule has 0 radical (unpaired) electrons. The number of methoxy groups -OCH3 is 1. The van der Waals surface area contributed by atoms with Crippen LogP contribution in [0.2, 0.25) is 0 Å². The lowest BCUT2D eigenvalue weighted by Crippen LogP contribution is -2.41. The van der Waals surface area contributed by atoms with Crippen LogP contribution < -0.4 is 15.4 Å². The zero-order chi connectivity index (χ0) is 13.7. The minimum Gasteiger partial charge on any atom is -0.497 e. The summed E-state index contributed by atoms with van der Waals surface area (Å²) >= 11 is 5.37. The molecule has 19 heavy (non-hydrogen) atoms. The fourth-order valence-corrected chi connectivity index (χ4v) is 2.81. The Labute approximate surface area is 120 Å². The van der Waals surface area contributed by atoms with Gasteiger partial charge in [0.2, 0.25) is 0 Å². The fourth-order valence-electron chi connectivity index (χ4n) is 2.47. The number of rotatable bonds is 4. The molecule has 1 unspecified atom stereocenters. The standard InChI is InChI=1S/C15H22N2OS/c1-11(12-7-9-14(18-2)10-8-12)16-15(19)17-13-5-3-4-6-13/h7-11,13H,3-6H2,1-2H3,(H2,16,17,19). The predicted octanol–water partition coefficient (Wildman–Crippen LogP) is 3.16. The van der Waals surface area contributed by atoms with E-state index in [0.717, 1.165) is 10.9 Å². The molecule has 1 aliphatic rings. The molecule has 1 saturated carbocycles. The number of hydrogen-bond donors (Lipinski definition) is 2. The number of thiocarbonyl (C=S) groups is 1. The Morgan fingerprint density at radius 2 is 1.89 bits per heavy atom. The highest BCUT2D eigenvalue weighted by molar-refractivity contribution is 7.80. The van der Waals surface area contributed by atoms with Gasteiger partial charge in [-0.2, -0.15) is 0 Å². The van der Waals surface area contributed by atoms with Crippen LogP contribution >= 0.6 is 12.2 Å². The smallest absolute Gasteiger partial charge is 0.166 e. The first-order chi connectivity index (χ1) is 9.19. The van der Waals surface area contributed by atoms with Gasteiger partial charge in [-0.25, -0.2) is 0 Å². The zero-order valence-corrected chi connectivity index (χ0v) is 12.4. The highest BCUT2D eigenvalue weighted by Crippen LogP contribution is 2.19. The molecular formula is C15H22N2OS. The minimum atomic E-state index is 0.201. The van der Waals surface area contributed by atoms with Gasteiger partial charge in [-0.3, -0.25) is 0 Å². The first-order valence-electron chi connectivity index (χ1n) is 6.90. The number of ether oxygens (including phenoxy) is 1. The van der Waals surface area contributed by atoms with Crippen molar-refractivity contribution in [2.24, 2.45) is 0 Å². The third-order valence-corrected chi connectivity index (χ3v) is 3.89. The molecule has 0 aliphatic heterocycles. The monoisotopic (exact) mass is 278 g/mol. The molecule has 0 aromatic heterocycles.